The van der Waals surface area contributed by atoms with Gasteiger partial charge in [-0.1, -0.05) is 187 Å². The molecular formula is C45H86NO10P. The van der Waals surface area contributed by atoms with Crippen LogP contribution in [0, 0.1) is 0 Å². The van der Waals surface area contributed by atoms with E-state index in [1.165, 1.54) is 141 Å². The van der Waals surface area contributed by atoms with E-state index in [4.69, 9.17) is 24.8 Å². The van der Waals surface area contributed by atoms with Crippen LogP contribution in [0.4, 0.5) is 0 Å². The molecule has 0 spiro atoms. The SMILES string of the molecule is CCCCCCCC/C=C/CCCCCCCCCC(=O)O[C@H](COC(=O)CCCCCCCCCCCCCCCCCC)COP(=O)(O)OC[C@H](N)C(=O)O. The second-order valence-corrected chi connectivity index (χ2v) is 17.3. The third-order valence-corrected chi connectivity index (χ3v) is 11.2. The van der Waals surface area contributed by atoms with E-state index in [0.717, 1.165) is 44.9 Å². The number of ether oxygens (including phenoxy) is 2. The Kier molecular flexibility index (Phi) is 39.7. The summed E-state index contributed by atoms with van der Waals surface area (Å²) in [4.78, 5) is 46.0. The van der Waals surface area contributed by atoms with Gasteiger partial charge in [-0.3, -0.25) is 23.4 Å². The zero-order valence-corrected chi connectivity index (χ0v) is 37.3. The standard InChI is InChI=1S/C45H86NO10P/c1-3-5-7-9-11-13-15-17-19-21-23-25-27-29-31-33-35-37-44(48)56-41(39-54-57(51,52)55-40-42(46)45(49)50)38-53-43(47)36-34-32-30-28-26-24-22-20-18-16-14-12-10-8-6-4-2/h17,19,41-42H,3-16,18,20-40,46H2,1-2H3,(H,49,50)(H,51,52)/b19-17+/t41-,42+/m1/s1. The molecular weight excluding hydrogens is 745 g/mol. The fourth-order valence-electron chi connectivity index (χ4n) is 6.59. The summed E-state index contributed by atoms with van der Waals surface area (Å²) in [5, 5.41) is 8.90. The molecule has 0 saturated carbocycles. The third kappa shape index (κ3) is 40.8. The Morgan fingerprint density at radius 2 is 0.877 bits per heavy atom. The first kappa shape index (κ1) is 55.2. The second kappa shape index (κ2) is 41.0. The predicted octanol–water partition coefficient (Wildman–Crippen LogP) is 12.5. The van der Waals surface area contributed by atoms with Crippen molar-refractivity contribution in [3.63, 3.8) is 0 Å². The van der Waals surface area contributed by atoms with Crippen molar-refractivity contribution < 1.29 is 47.5 Å². The lowest BCUT2D eigenvalue weighted by Gasteiger charge is -2.20. The van der Waals surface area contributed by atoms with Gasteiger partial charge < -0.3 is 25.2 Å². The summed E-state index contributed by atoms with van der Waals surface area (Å²) in [6, 6.07) is -1.52. The minimum Gasteiger partial charge on any atom is -0.480 e. The molecule has 0 aliphatic carbocycles. The van der Waals surface area contributed by atoms with Crippen LogP contribution in [0.1, 0.15) is 226 Å². The highest BCUT2D eigenvalue weighted by molar-refractivity contribution is 7.47. The zero-order chi connectivity index (χ0) is 42.1. The highest BCUT2D eigenvalue weighted by Crippen LogP contribution is 2.43. The number of aliphatic carboxylic acids is 1. The van der Waals surface area contributed by atoms with Crippen LogP contribution in [0.5, 0.6) is 0 Å². The maximum atomic E-state index is 12.6. The predicted molar refractivity (Wildman–Crippen MR) is 231 cm³/mol. The molecule has 0 saturated heterocycles. The molecule has 57 heavy (non-hydrogen) atoms. The van der Waals surface area contributed by atoms with Crippen molar-refractivity contribution in [2.45, 2.75) is 238 Å². The van der Waals surface area contributed by atoms with Crippen molar-refractivity contribution in [2.75, 3.05) is 19.8 Å². The summed E-state index contributed by atoms with van der Waals surface area (Å²) in [6.07, 6.45) is 41.2. The minimum atomic E-state index is -4.71. The molecule has 1 unspecified atom stereocenters. The number of rotatable bonds is 44. The van der Waals surface area contributed by atoms with E-state index in [0.29, 0.717) is 12.8 Å². The van der Waals surface area contributed by atoms with Gasteiger partial charge in [0.1, 0.15) is 12.6 Å². The molecule has 3 atom stereocenters. The molecule has 0 amide bonds. The number of phosphoric acid groups is 1. The van der Waals surface area contributed by atoms with Gasteiger partial charge in [0.15, 0.2) is 6.10 Å². The van der Waals surface area contributed by atoms with Gasteiger partial charge in [-0.05, 0) is 38.5 Å². The first-order valence-electron chi connectivity index (χ1n) is 23.2. The summed E-state index contributed by atoms with van der Waals surface area (Å²) in [5.41, 5.74) is 5.34. The van der Waals surface area contributed by atoms with Crippen molar-refractivity contribution in [3.05, 3.63) is 12.2 Å². The van der Waals surface area contributed by atoms with Crippen molar-refractivity contribution in [2.24, 2.45) is 5.73 Å². The lowest BCUT2D eigenvalue weighted by Crippen LogP contribution is -2.34. The van der Waals surface area contributed by atoms with Gasteiger partial charge in [0.05, 0.1) is 13.2 Å². The van der Waals surface area contributed by atoms with Crippen LogP contribution >= 0.6 is 7.82 Å². The monoisotopic (exact) mass is 832 g/mol. The smallest absolute Gasteiger partial charge is 0.472 e. The van der Waals surface area contributed by atoms with E-state index in [1.807, 2.05) is 0 Å². The highest BCUT2D eigenvalue weighted by atomic mass is 31.2. The number of carbonyl (C=O) groups is 3. The van der Waals surface area contributed by atoms with Gasteiger partial charge >= 0.3 is 25.7 Å². The molecule has 0 rings (SSSR count). The minimum absolute atomic E-state index is 0.161. The van der Waals surface area contributed by atoms with Crippen LogP contribution in [-0.2, 0) is 37.5 Å². The zero-order valence-electron chi connectivity index (χ0n) is 36.5. The number of unbranched alkanes of at least 4 members (excludes halogenated alkanes) is 28. The van der Waals surface area contributed by atoms with E-state index in [9.17, 15) is 23.8 Å². The fraction of sp³-hybridized carbons (Fsp3) is 0.889. The topological polar surface area (TPSA) is 172 Å². The summed E-state index contributed by atoms with van der Waals surface area (Å²) in [6.45, 7) is 2.83. The Labute approximate surface area is 348 Å². The number of allylic oxidation sites excluding steroid dienone is 2. The number of carboxylic acids is 1. The number of carbonyl (C=O) groups excluding carboxylic acids is 2. The van der Waals surface area contributed by atoms with Crippen molar-refractivity contribution >= 4 is 25.7 Å². The van der Waals surface area contributed by atoms with Crippen LogP contribution in [0.25, 0.3) is 0 Å². The van der Waals surface area contributed by atoms with Crippen molar-refractivity contribution in [1.29, 1.82) is 0 Å². The van der Waals surface area contributed by atoms with Crippen LogP contribution in [0.15, 0.2) is 12.2 Å². The first-order chi connectivity index (χ1) is 27.6. The molecule has 4 N–H and O–H groups in total. The maximum Gasteiger partial charge on any atom is 0.472 e. The van der Waals surface area contributed by atoms with E-state index in [2.05, 4.69) is 30.5 Å². The van der Waals surface area contributed by atoms with Crippen molar-refractivity contribution in [3.8, 4) is 0 Å². The Morgan fingerprint density at radius 1 is 0.526 bits per heavy atom. The van der Waals surface area contributed by atoms with Gasteiger partial charge in [0, 0.05) is 12.8 Å². The number of phosphoric ester groups is 1. The Hall–Kier alpha value is -1.78. The van der Waals surface area contributed by atoms with Gasteiger partial charge in [-0.2, -0.15) is 0 Å². The van der Waals surface area contributed by atoms with E-state index >= 15 is 0 Å². The van der Waals surface area contributed by atoms with Crippen LogP contribution in [0.3, 0.4) is 0 Å². The van der Waals surface area contributed by atoms with E-state index in [-0.39, 0.29) is 19.4 Å². The average molecular weight is 832 g/mol. The van der Waals surface area contributed by atoms with Crippen LogP contribution in [-0.4, -0.2) is 59.9 Å². The molecule has 336 valence electrons. The number of hydrogen-bond acceptors (Lipinski definition) is 9. The Morgan fingerprint density at radius 3 is 1.28 bits per heavy atom. The molecule has 0 aromatic carbocycles. The molecule has 0 heterocycles. The summed E-state index contributed by atoms with van der Waals surface area (Å²) in [5.74, 6) is -2.37. The van der Waals surface area contributed by atoms with Gasteiger partial charge in [-0.25, -0.2) is 4.57 Å². The lowest BCUT2D eigenvalue weighted by molar-refractivity contribution is -0.161. The van der Waals surface area contributed by atoms with Gasteiger partial charge in [0.25, 0.3) is 0 Å². The van der Waals surface area contributed by atoms with Crippen molar-refractivity contribution in [1.82, 2.24) is 0 Å². The van der Waals surface area contributed by atoms with E-state index in [1.54, 1.807) is 0 Å². The van der Waals surface area contributed by atoms with Crippen LogP contribution < -0.4 is 5.73 Å². The molecule has 0 aromatic heterocycles. The second-order valence-electron chi connectivity index (χ2n) is 15.9. The molecule has 0 aliphatic heterocycles. The molecule has 11 nitrogen and oxygen atoms in total. The molecule has 0 aromatic rings. The normalized spacial score (nSPS) is 13.8. The number of carboxylic acid groups (broad SMARTS) is 1. The van der Waals surface area contributed by atoms with E-state index < -0.39 is 51.1 Å². The fourth-order valence-corrected chi connectivity index (χ4v) is 7.37. The quantitative estimate of drug-likeness (QED) is 0.0231. The highest BCUT2D eigenvalue weighted by Gasteiger charge is 2.28. The first-order valence-corrected chi connectivity index (χ1v) is 24.7. The molecule has 12 heteroatoms. The summed E-state index contributed by atoms with van der Waals surface area (Å²) in [7, 11) is -4.71. The average Bonchev–Trinajstić information content (AvgIpc) is 3.19. The number of hydrogen-bond donors (Lipinski definition) is 3. The molecule has 0 bridgehead atoms. The number of esters is 2. The summed E-state index contributed by atoms with van der Waals surface area (Å²) < 4.78 is 32.8. The summed E-state index contributed by atoms with van der Waals surface area (Å²) >= 11 is 0. The van der Waals surface area contributed by atoms with Gasteiger partial charge in [-0.15, -0.1) is 0 Å². The Bertz CT molecular complexity index is 1030. The van der Waals surface area contributed by atoms with Gasteiger partial charge in [0.2, 0.25) is 0 Å². The molecule has 0 radical (unpaired) electrons. The maximum absolute atomic E-state index is 12.6. The molecule has 0 fully saturated rings. The third-order valence-electron chi connectivity index (χ3n) is 10.3. The van der Waals surface area contributed by atoms with Crippen LogP contribution in [0.2, 0.25) is 0 Å². The number of nitrogens with two attached hydrogens (primary N) is 1. The molecule has 0 aliphatic rings. The Balaban J connectivity index is 4.30. The lowest BCUT2D eigenvalue weighted by atomic mass is 10.0. The largest absolute Gasteiger partial charge is 0.480 e.